The number of rotatable bonds is 4. The summed E-state index contributed by atoms with van der Waals surface area (Å²) in [6, 6.07) is 7.52. The summed E-state index contributed by atoms with van der Waals surface area (Å²) in [5.41, 5.74) is 0.118. The van der Waals surface area contributed by atoms with E-state index in [1.54, 1.807) is 19.1 Å². The molecule has 0 fully saturated rings. The van der Waals surface area contributed by atoms with Crippen molar-refractivity contribution in [2.45, 2.75) is 24.3 Å². The van der Waals surface area contributed by atoms with Crippen LogP contribution < -0.4 is 4.72 Å². The second kappa shape index (κ2) is 5.49. The van der Waals surface area contributed by atoms with Crippen molar-refractivity contribution < 1.29 is 8.42 Å². The van der Waals surface area contributed by atoms with Gasteiger partial charge in [-0.2, -0.15) is 5.26 Å². The maximum atomic E-state index is 12.0. The Morgan fingerprint density at radius 3 is 2.71 bits per heavy atom. The highest BCUT2D eigenvalue weighted by molar-refractivity contribution is 7.89. The number of benzene rings is 1. The maximum Gasteiger partial charge on any atom is 0.242 e. The molecule has 1 aromatic rings. The lowest BCUT2D eigenvalue weighted by Gasteiger charge is -2.12. The van der Waals surface area contributed by atoms with Gasteiger partial charge >= 0.3 is 0 Å². The highest BCUT2D eigenvalue weighted by atomic mass is 32.2. The fourth-order valence-electron chi connectivity index (χ4n) is 1.34. The van der Waals surface area contributed by atoms with E-state index in [9.17, 15) is 8.42 Å². The molecule has 0 aliphatic rings. The molecule has 1 rings (SSSR count). The lowest BCUT2D eigenvalue weighted by atomic mass is 10.2. The number of nitriles is 1. The quantitative estimate of drug-likeness (QED) is 0.815. The molecule has 0 saturated carbocycles. The summed E-state index contributed by atoms with van der Waals surface area (Å²) in [5, 5.41) is 8.84. The second-order valence-electron chi connectivity index (χ2n) is 3.54. The van der Waals surface area contributed by atoms with Crippen molar-refractivity contribution in [3.63, 3.8) is 0 Å². The minimum Gasteiger partial charge on any atom is -0.207 e. The van der Waals surface area contributed by atoms with Crippen LogP contribution in [0.1, 0.15) is 18.9 Å². The summed E-state index contributed by atoms with van der Waals surface area (Å²) in [5.74, 6) is 2.38. The molecule has 0 aliphatic heterocycles. The molecule has 0 bridgehead atoms. The molecule has 0 heterocycles. The summed E-state index contributed by atoms with van der Waals surface area (Å²) in [4.78, 5) is -0.0219. The fourth-order valence-corrected chi connectivity index (χ4v) is 2.74. The zero-order valence-corrected chi connectivity index (χ0v) is 10.2. The van der Waals surface area contributed by atoms with Crippen LogP contribution in [0.15, 0.2) is 29.2 Å². The van der Waals surface area contributed by atoms with Crippen LogP contribution in [0, 0.1) is 23.7 Å². The molecule has 1 unspecified atom stereocenters. The first-order valence-corrected chi connectivity index (χ1v) is 6.44. The highest BCUT2D eigenvalue weighted by Crippen LogP contribution is 2.14. The number of nitrogens with zero attached hydrogens (tertiary/aromatic N) is 1. The van der Waals surface area contributed by atoms with Crippen molar-refractivity contribution in [2.75, 3.05) is 0 Å². The molecule has 17 heavy (non-hydrogen) atoms. The van der Waals surface area contributed by atoms with E-state index in [4.69, 9.17) is 11.7 Å². The lowest BCUT2D eigenvalue weighted by Crippen LogP contribution is -2.32. The van der Waals surface area contributed by atoms with Crippen LogP contribution in [-0.2, 0) is 10.0 Å². The van der Waals surface area contributed by atoms with Gasteiger partial charge in [-0.3, -0.25) is 0 Å². The number of hydrogen-bond acceptors (Lipinski definition) is 3. The highest BCUT2D eigenvalue weighted by Gasteiger charge is 2.19. The maximum absolute atomic E-state index is 12.0. The molecule has 0 spiro atoms. The molecule has 0 aromatic heterocycles. The predicted molar refractivity (Wildman–Crippen MR) is 64.4 cm³/mol. The molecular weight excluding hydrogens is 236 g/mol. The first-order valence-electron chi connectivity index (χ1n) is 4.96. The van der Waals surface area contributed by atoms with Gasteiger partial charge < -0.3 is 0 Å². The first-order chi connectivity index (χ1) is 8.01. The van der Waals surface area contributed by atoms with Crippen LogP contribution in [0.5, 0.6) is 0 Å². The van der Waals surface area contributed by atoms with E-state index in [0.717, 1.165) is 0 Å². The average Bonchev–Trinajstić information content (AvgIpc) is 2.28. The van der Waals surface area contributed by atoms with Crippen LogP contribution in [0.2, 0.25) is 0 Å². The zero-order valence-electron chi connectivity index (χ0n) is 9.34. The van der Waals surface area contributed by atoms with Gasteiger partial charge in [-0.25, -0.2) is 13.1 Å². The molecular formula is C12H12N2O2S. The van der Waals surface area contributed by atoms with Gasteiger partial charge in [0.25, 0.3) is 0 Å². The summed E-state index contributed by atoms with van der Waals surface area (Å²) in [7, 11) is -3.69. The Morgan fingerprint density at radius 1 is 1.47 bits per heavy atom. The van der Waals surface area contributed by atoms with E-state index < -0.39 is 10.0 Å². The summed E-state index contributed by atoms with van der Waals surface area (Å²) >= 11 is 0. The molecule has 5 heteroatoms. The van der Waals surface area contributed by atoms with E-state index in [1.165, 1.54) is 12.1 Å². The minimum absolute atomic E-state index is 0.0219. The van der Waals surface area contributed by atoms with E-state index >= 15 is 0 Å². The summed E-state index contributed by atoms with van der Waals surface area (Å²) in [6.07, 6.45) is 5.41. The number of nitrogens with one attached hydrogen (secondary N) is 1. The van der Waals surface area contributed by atoms with Crippen LogP contribution >= 0.6 is 0 Å². The molecule has 0 aliphatic carbocycles. The second-order valence-corrected chi connectivity index (χ2v) is 5.22. The Balaban J connectivity index is 3.07. The van der Waals surface area contributed by atoms with Gasteiger partial charge in [-0.05, 0) is 19.1 Å². The van der Waals surface area contributed by atoms with Crippen molar-refractivity contribution in [2.24, 2.45) is 0 Å². The zero-order chi connectivity index (χ0) is 12.9. The van der Waals surface area contributed by atoms with Gasteiger partial charge in [-0.15, -0.1) is 12.3 Å². The van der Waals surface area contributed by atoms with Crippen LogP contribution in [0.3, 0.4) is 0 Å². The average molecular weight is 248 g/mol. The van der Waals surface area contributed by atoms with Crippen molar-refractivity contribution in [3.05, 3.63) is 29.8 Å². The third-order valence-electron chi connectivity index (χ3n) is 2.08. The van der Waals surface area contributed by atoms with Gasteiger partial charge in [0.1, 0.15) is 6.07 Å². The number of terminal acetylenes is 1. The van der Waals surface area contributed by atoms with Gasteiger partial charge in [-0.1, -0.05) is 12.1 Å². The Kier molecular flexibility index (Phi) is 4.28. The van der Waals surface area contributed by atoms with Crippen molar-refractivity contribution >= 4 is 10.0 Å². The van der Waals surface area contributed by atoms with Crippen molar-refractivity contribution in [1.82, 2.24) is 4.72 Å². The lowest BCUT2D eigenvalue weighted by molar-refractivity contribution is 0.563. The molecule has 0 radical (unpaired) electrons. The normalized spacial score (nSPS) is 12.4. The van der Waals surface area contributed by atoms with E-state index in [-0.39, 0.29) is 16.5 Å². The molecule has 88 valence electrons. The Bertz CT molecular complexity index is 579. The van der Waals surface area contributed by atoms with E-state index in [0.29, 0.717) is 6.42 Å². The third kappa shape index (κ3) is 3.32. The topological polar surface area (TPSA) is 70.0 Å². The molecule has 1 aromatic carbocycles. The minimum atomic E-state index is -3.69. The fraction of sp³-hybridized carbons (Fsp3) is 0.250. The van der Waals surface area contributed by atoms with Crippen molar-refractivity contribution in [3.8, 4) is 18.4 Å². The van der Waals surface area contributed by atoms with E-state index in [1.807, 2.05) is 6.07 Å². The van der Waals surface area contributed by atoms with Crippen LogP contribution in [-0.4, -0.2) is 14.5 Å². The van der Waals surface area contributed by atoms with E-state index in [2.05, 4.69) is 10.6 Å². The van der Waals surface area contributed by atoms with Gasteiger partial charge in [0.15, 0.2) is 0 Å². The monoisotopic (exact) mass is 248 g/mol. The summed E-state index contributed by atoms with van der Waals surface area (Å²) in [6.45, 7) is 1.67. The van der Waals surface area contributed by atoms with Crippen molar-refractivity contribution in [1.29, 1.82) is 5.26 Å². The smallest absolute Gasteiger partial charge is 0.207 e. The Labute approximate surface area is 101 Å². The number of sulfonamides is 1. The standard InChI is InChI=1S/C12H12N2O2S/c1-3-6-10(2)14-17(15,16)12-8-5-4-7-11(12)9-13/h1,4-5,7-8,10,14H,6H2,2H3. The first kappa shape index (κ1) is 13.2. The SMILES string of the molecule is C#CCC(C)NS(=O)(=O)c1ccccc1C#N. The molecule has 0 saturated heterocycles. The molecule has 1 N–H and O–H groups in total. The van der Waals surface area contributed by atoms with Gasteiger partial charge in [0, 0.05) is 12.5 Å². The van der Waals surface area contributed by atoms with Crippen LogP contribution in [0.25, 0.3) is 0 Å². The van der Waals surface area contributed by atoms with Crippen LogP contribution in [0.4, 0.5) is 0 Å². The van der Waals surface area contributed by atoms with Gasteiger partial charge in [0.05, 0.1) is 10.5 Å². The predicted octanol–water partition coefficient (Wildman–Crippen LogP) is 1.25. The number of hydrogen-bond donors (Lipinski definition) is 1. The molecule has 4 nitrogen and oxygen atoms in total. The summed E-state index contributed by atoms with van der Waals surface area (Å²) < 4.78 is 26.4. The van der Waals surface area contributed by atoms with Gasteiger partial charge in [0.2, 0.25) is 10.0 Å². The third-order valence-corrected chi connectivity index (χ3v) is 3.73. The largest absolute Gasteiger partial charge is 0.242 e. The molecule has 0 amide bonds. The molecule has 1 atom stereocenters. The Hall–Kier alpha value is -1.82. The Morgan fingerprint density at radius 2 is 2.12 bits per heavy atom.